The predicted octanol–water partition coefficient (Wildman–Crippen LogP) is 4.29. The maximum absolute atomic E-state index is 8.48. The first kappa shape index (κ1) is 14.8. The van der Waals surface area contributed by atoms with Gasteiger partial charge in [-0.15, -0.1) is 10.2 Å². The summed E-state index contributed by atoms with van der Waals surface area (Å²) in [6, 6.07) is 8.39. The molecule has 0 radical (unpaired) electrons. The molecule has 0 atom stereocenters. The number of rotatable bonds is 6. The number of nitrogens with one attached hydrogen (secondary N) is 1. The molecule has 0 unspecified atom stereocenters. The minimum atomic E-state index is 0.597. The minimum Gasteiger partial charge on any atom is -0.330 e. The first-order chi connectivity index (χ1) is 9.69. The second-order valence-electron chi connectivity index (χ2n) is 4.41. The van der Waals surface area contributed by atoms with Gasteiger partial charge in [-0.1, -0.05) is 29.2 Å². The fraction of sp³-hybridized carbons (Fsp3) is 0.357. The molecule has 0 saturated heterocycles. The molecule has 1 N–H and O–H groups in total. The molecule has 1 heterocycles. The number of nitrogens with zero attached hydrogens (tertiary/aromatic N) is 3. The molecule has 1 aromatic heterocycles. The standard InChI is InChI=1S/C14H16N4S2/c1-10-5-6-12(9-11(10)2)16-13-17-18-14(20-13)19-8-4-3-7-15/h5-6,9H,3-4,8H2,1-2H3,(H,16,17). The summed E-state index contributed by atoms with van der Waals surface area (Å²) in [6.07, 6.45) is 1.49. The molecular weight excluding hydrogens is 288 g/mol. The molecule has 2 aromatic rings. The van der Waals surface area contributed by atoms with E-state index in [0.29, 0.717) is 6.42 Å². The van der Waals surface area contributed by atoms with Crippen LogP contribution in [0.15, 0.2) is 22.5 Å². The highest BCUT2D eigenvalue weighted by Crippen LogP contribution is 2.28. The summed E-state index contributed by atoms with van der Waals surface area (Å²) < 4.78 is 0.939. The van der Waals surface area contributed by atoms with Crippen LogP contribution in [0.3, 0.4) is 0 Å². The van der Waals surface area contributed by atoms with E-state index in [4.69, 9.17) is 5.26 Å². The Balaban J connectivity index is 1.92. The van der Waals surface area contributed by atoms with Gasteiger partial charge in [-0.25, -0.2) is 0 Å². The molecule has 0 fully saturated rings. The van der Waals surface area contributed by atoms with Crippen LogP contribution in [0.25, 0.3) is 0 Å². The molecule has 20 heavy (non-hydrogen) atoms. The molecule has 0 spiro atoms. The maximum Gasteiger partial charge on any atom is 0.210 e. The number of unbranched alkanes of at least 4 members (excludes halogenated alkanes) is 1. The summed E-state index contributed by atoms with van der Waals surface area (Å²) in [5, 5.41) is 20.8. The third kappa shape index (κ3) is 4.22. The van der Waals surface area contributed by atoms with Gasteiger partial charge in [-0.05, 0) is 43.5 Å². The number of anilines is 2. The Morgan fingerprint density at radius 3 is 2.90 bits per heavy atom. The molecule has 0 bridgehead atoms. The van der Waals surface area contributed by atoms with Gasteiger partial charge in [-0.3, -0.25) is 0 Å². The summed E-state index contributed by atoms with van der Waals surface area (Å²) in [5.41, 5.74) is 3.57. The van der Waals surface area contributed by atoms with Gasteiger partial charge >= 0.3 is 0 Å². The maximum atomic E-state index is 8.48. The number of nitriles is 1. The Morgan fingerprint density at radius 2 is 2.15 bits per heavy atom. The Kier molecular flexibility index (Phi) is 5.39. The zero-order valence-corrected chi connectivity index (χ0v) is 13.1. The highest BCUT2D eigenvalue weighted by atomic mass is 32.2. The van der Waals surface area contributed by atoms with Gasteiger partial charge in [-0.2, -0.15) is 5.26 Å². The summed E-state index contributed by atoms with van der Waals surface area (Å²) >= 11 is 3.19. The smallest absolute Gasteiger partial charge is 0.210 e. The second-order valence-corrected chi connectivity index (χ2v) is 6.73. The lowest BCUT2D eigenvalue weighted by atomic mass is 10.1. The van der Waals surface area contributed by atoms with E-state index in [-0.39, 0.29) is 0 Å². The quantitative estimate of drug-likeness (QED) is 0.637. The number of aryl methyl sites for hydroxylation is 2. The van der Waals surface area contributed by atoms with E-state index in [1.807, 2.05) is 6.07 Å². The summed E-state index contributed by atoms with van der Waals surface area (Å²) in [4.78, 5) is 0. The molecule has 0 amide bonds. The van der Waals surface area contributed by atoms with E-state index < -0.39 is 0 Å². The average Bonchev–Trinajstić information content (AvgIpc) is 2.87. The summed E-state index contributed by atoms with van der Waals surface area (Å²) in [5.74, 6) is 0.909. The van der Waals surface area contributed by atoms with Crippen molar-refractivity contribution in [3.63, 3.8) is 0 Å². The van der Waals surface area contributed by atoms with Crippen LogP contribution < -0.4 is 5.32 Å². The molecule has 0 aliphatic carbocycles. The van der Waals surface area contributed by atoms with Crippen molar-refractivity contribution in [3.8, 4) is 6.07 Å². The van der Waals surface area contributed by atoms with Crippen molar-refractivity contribution in [2.75, 3.05) is 11.1 Å². The van der Waals surface area contributed by atoms with Crippen molar-refractivity contribution >= 4 is 33.9 Å². The SMILES string of the molecule is Cc1ccc(Nc2nnc(SCCCC#N)s2)cc1C. The number of benzene rings is 1. The van der Waals surface area contributed by atoms with Gasteiger partial charge in [0.05, 0.1) is 6.07 Å². The Hall–Kier alpha value is -1.58. The van der Waals surface area contributed by atoms with E-state index >= 15 is 0 Å². The van der Waals surface area contributed by atoms with E-state index in [1.165, 1.54) is 11.1 Å². The first-order valence-electron chi connectivity index (χ1n) is 6.36. The van der Waals surface area contributed by atoms with Gasteiger partial charge in [0.2, 0.25) is 5.13 Å². The van der Waals surface area contributed by atoms with Crippen LogP contribution in [0, 0.1) is 25.2 Å². The zero-order valence-electron chi connectivity index (χ0n) is 11.5. The van der Waals surface area contributed by atoms with Crippen LogP contribution in [0.5, 0.6) is 0 Å². The molecule has 1 aromatic carbocycles. The van der Waals surface area contributed by atoms with Gasteiger partial charge in [0, 0.05) is 17.9 Å². The second kappa shape index (κ2) is 7.27. The molecule has 4 nitrogen and oxygen atoms in total. The fourth-order valence-corrected chi connectivity index (χ4v) is 3.35. The highest BCUT2D eigenvalue weighted by Gasteiger charge is 2.05. The number of thioether (sulfide) groups is 1. The normalized spacial score (nSPS) is 10.2. The van der Waals surface area contributed by atoms with Crippen molar-refractivity contribution in [1.29, 1.82) is 5.26 Å². The molecular formula is C14H16N4S2. The average molecular weight is 304 g/mol. The van der Waals surface area contributed by atoms with Crippen LogP contribution in [0.1, 0.15) is 24.0 Å². The summed E-state index contributed by atoms with van der Waals surface area (Å²) in [6.45, 7) is 4.19. The van der Waals surface area contributed by atoms with Crippen LogP contribution in [-0.4, -0.2) is 16.0 Å². The molecule has 0 aliphatic heterocycles. The number of aromatic nitrogens is 2. The monoisotopic (exact) mass is 304 g/mol. The number of hydrogen-bond donors (Lipinski definition) is 1. The van der Waals surface area contributed by atoms with E-state index in [2.05, 4.69) is 47.6 Å². The van der Waals surface area contributed by atoms with Gasteiger partial charge in [0.15, 0.2) is 4.34 Å². The Morgan fingerprint density at radius 1 is 1.30 bits per heavy atom. The fourth-order valence-electron chi connectivity index (χ4n) is 1.57. The van der Waals surface area contributed by atoms with E-state index in [1.54, 1.807) is 23.1 Å². The van der Waals surface area contributed by atoms with Crippen LogP contribution >= 0.6 is 23.1 Å². The third-order valence-electron chi connectivity index (χ3n) is 2.82. The van der Waals surface area contributed by atoms with E-state index in [9.17, 15) is 0 Å². The van der Waals surface area contributed by atoms with Crippen LogP contribution in [0.2, 0.25) is 0 Å². The Labute approximate surface area is 127 Å². The molecule has 2 rings (SSSR count). The third-order valence-corrected chi connectivity index (χ3v) is 4.88. The van der Waals surface area contributed by atoms with Crippen LogP contribution in [-0.2, 0) is 0 Å². The molecule has 0 saturated carbocycles. The van der Waals surface area contributed by atoms with Crippen LogP contribution in [0.4, 0.5) is 10.8 Å². The highest BCUT2D eigenvalue weighted by molar-refractivity contribution is 8.01. The predicted molar refractivity (Wildman–Crippen MR) is 84.7 cm³/mol. The van der Waals surface area contributed by atoms with Crippen molar-refractivity contribution < 1.29 is 0 Å². The van der Waals surface area contributed by atoms with Crippen molar-refractivity contribution in [3.05, 3.63) is 29.3 Å². The number of hydrogen-bond acceptors (Lipinski definition) is 6. The lowest BCUT2D eigenvalue weighted by molar-refractivity contribution is 0.971. The van der Waals surface area contributed by atoms with E-state index in [0.717, 1.165) is 27.3 Å². The van der Waals surface area contributed by atoms with Gasteiger partial charge in [0.25, 0.3) is 0 Å². The summed E-state index contributed by atoms with van der Waals surface area (Å²) in [7, 11) is 0. The van der Waals surface area contributed by atoms with Crippen molar-refractivity contribution in [2.45, 2.75) is 31.0 Å². The lowest BCUT2D eigenvalue weighted by Crippen LogP contribution is -1.91. The largest absolute Gasteiger partial charge is 0.330 e. The first-order valence-corrected chi connectivity index (χ1v) is 8.17. The van der Waals surface area contributed by atoms with Crippen molar-refractivity contribution in [1.82, 2.24) is 10.2 Å². The zero-order chi connectivity index (χ0) is 14.4. The topological polar surface area (TPSA) is 61.6 Å². The Bertz CT molecular complexity index is 616. The van der Waals surface area contributed by atoms with Crippen molar-refractivity contribution in [2.24, 2.45) is 0 Å². The molecule has 104 valence electrons. The molecule has 6 heteroatoms. The van der Waals surface area contributed by atoms with Gasteiger partial charge < -0.3 is 5.32 Å². The molecule has 0 aliphatic rings. The minimum absolute atomic E-state index is 0.597. The van der Waals surface area contributed by atoms with Gasteiger partial charge in [0.1, 0.15) is 0 Å². The lowest BCUT2D eigenvalue weighted by Gasteiger charge is -2.05.